The van der Waals surface area contributed by atoms with Crippen LogP contribution in [0.25, 0.3) is 0 Å². The highest BCUT2D eigenvalue weighted by molar-refractivity contribution is 5.62. The zero-order chi connectivity index (χ0) is 14.7. The molecule has 0 atom stereocenters. The van der Waals surface area contributed by atoms with Crippen molar-refractivity contribution in [3.8, 4) is 11.5 Å². The second-order valence-corrected chi connectivity index (χ2v) is 5.81. The van der Waals surface area contributed by atoms with E-state index in [1.807, 2.05) is 12.1 Å². The molecule has 0 radical (unpaired) electrons. The van der Waals surface area contributed by atoms with Crippen LogP contribution in [-0.2, 0) is 0 Å². The fourth-order valence-corrected chi connectivity index (χ4v) is 2.95. The molecule has 0 aliphatic carbocycles. The lowest BCUT2D eigenvalue weighted by atomic mass is 10.2. The van der Waals surface area contributed by atoms with Crippen molar-refractivity contribution in [2.75, 3.05) is 71.5 Å². The third-order valence-electron chi connectivity index (χ3n) is 4.41. The van der Waals surface area contributed by atoms with Gasteiger partial charge in [0, 0.05) is 45.3 Å². The minimum Gasteiger partial charge on any atom is -0.497 e. The average Bonchev–Trinajstić information content (AvgIpc) is 2.54. The Bertz CT molecular complexity index is 473. The Morgan fingerprint density at radius 1 is 1.10 bits per heavy atom. The number of anilines is 1. The van der Waals surface area contributed by atoms with E-state index in [1.165, 1.54) is 26.2 Å². The molecule has 2 aliphatic rings. The highest BCUT2D eigenvalue weighted by Gasteiger charge is 2.20. The predicted molar refractivity (Wildman–Crippen MR) is 84.6 cm³/mol. The molecule has 0 N–H and O–H groups in total. The minimum absolute atomic E-state index is 0.766. The number of hydrogen-bond donors (Lipinski definition) is 0. The maximum Gasteiger partial charge on any atom is 0.142 e. The summed E-state index contributed by atoms with van der Waals surface area (Å²) < 4.78 is 11.1. The van der Waals surface area contributed by atoms with Crippen molar-refractivity contribution in [2.24, 2.45) is 0 Å². The number of methoxy groups -OCH3 is 1. The third kappa shape index (κ3) is 3.41. The Morgan fingerprint density at radius 3 is 2.67 bits per heavy atom. The van der Waals surface area contributed by atoms with Crippen LogP contribution in [-0.4, -0.2) is 76.4 Å². The SMILES string of the molecule is COc1ccc2c(c1)N(CCN1CCN(C)CC1)CCO2. The van der Waals surface area contributed by atoms with Gasteiger partial charge in [-0.1, -0.05) is 0 Å². The summed E-state index contributed by atoms with van der Waals surface area (Å²) in [6.45, 7) is 8.58. The van der Waals surface area contributed by atoms with E-state index in [9.17, 15) is 0 Å². The highest BCUT2D eigenvalue weighted by Crippen LogP contribution is 2.34. The van der Waals surface area contributed by atoms with E-state index in [0.29, 0.717) is 0 Å². The zero-order valence-electron chi connectivity index (χ0n) is 13.0. The summed E-state index contributed by atoms with van der Waals surface area (Å²) >= 11 is 0. The summed E-state index contributed by atoms with van der Waals surface area (Å²) in [7, 11) is 3.90. The van der Waals surface area contributed by atoms with Crippen molar-refractivity contribution in [2.45, 2.75) is 0 Å². The maximum atomic E-state index is 5.74. The van der Waals surface area contributed by atoms with Crippen LogP contribution in [0, 0.1) is 0 Å². The van der Waals surface area contributed by atoms with Crippen LogP contribution in [0.15, 0.2) is 18.2 Å². The molecule has 5 heteroatoms. The van der Waals surface area contributed by atoms with Gasteiger partial charge in [0.25, 0.3) is 0 Å². The van der Waals surface area contributed by atoms with Crippen molar-refractivity contribution in [1.82, 2.24) is 9.80 Å². The molecule has 2 heterocycles. The molecule has 1 saturated heterocycles. The van der Waals surface area contributed by atoms with Gasteiger partial charge in [-0.15, -0.1) is 0 Å². The van der Waals surface area contributed by atoms with Crippen LogP contribution in [0.5, 0.6) is 11.5 Å². The van der Waals surface area contributed by atoms with Crippen LogP contribution in [0.1, 0.15) is 0 Å². The van der Waals surface area contributed by atoms with E-state index in [-0.39, 0.29) is 0 Å². The number of piperazine rings is 1. The third-order valence-corrected chi connectivity index (χ3v) is 4.41. The summed E-state index contributed by atoms with van der Waals surface area (Å²) in [4.78, 5) is 7.36. The lowest BCUT2D eigenvalue weighted by Crippen LogP contribution is -2.47. The molecule has 0 unspecified atom stereocenters. The van der Waals surface area contributed by atoms with Gasteiger partial charge in [0.2, 0.25) is 0 Å². The van der Waals surface area contributed by atoms with E-state index in [4.69, 9.17) is 9.47 Å². The highest BCUT2D eigenvalue weighted by atomic mass is 16.5. The number of rotatable bonds is 4. The Balaban J connectivity index is 1.62. The second-order valence-electron chi connectivity index (χ2n) is 5.81. The fraction of sp³-hybridized carbons (Fsp3) is 0.625. The first kappa shape index (κ1) is 14.5. The second kappa shape index (κ2) is 6.54. The first-order valence-corrected chi connectivity index (χ1v) is 7.73. The van der Waals surface area contributed by atoms with E-state index in [0.717, 1.165) is 43.4 Å². The number of hydrogen-bond acceptors (Lipinski definition) is 5. The average molecular weight is 291 g/mol. The van der Waals surface area contributed by atoms with Gasteiger partial charge in [-0.25, -0.2) is 0 Å². The molecule has 0 spiro atoms. The molecule has 2 aliphatic heterocycles. The molecule has 116 valence electrons. The number of fused-ring (bicyclic) bond motifs is 1. The quantitative estimate of drug-likeness (QED) is 0.829. The number of benzene rings is 1. The van der Waals surface area contributed by atoms with Crippen molar-refractivity contribution in [3.05, 3.63) is 18.2 Å². The summed E-state index contributed by atoms with van der Waals surface area (Å²) in [6.07, 6.45) is 0. The summed E-state index contributed by atoms with van der Waals surface area (Å²) in [5, 5.41) is 0. The van der Waals surface area contributed by atoms with Gasteiger partial charge in [-0.05, 0) is 19.2 Å². The molecular weight excluding hydrogens is 266 g/mol. The lowest BCUT2D eigenvalue weighted by molar-refractivity contribution is 0.156. The Labute approximate surface area is 127 Å². The largest absolute Gasteiger partial charge is 0.497 e. The van der Waals surface area contributed by atoms with Gasteiger partial charge in [-0.2, -0.15) is 0 Å². The molecule has 5 nitrogen and oxygen atoms in total. The molecule has 1 aromatic rings. The zero-order valence-corrected chi connectivity index (χ0v) is 13.0. The van der Waals surface area contributed by atoms with Gasteiger partial charge in [0.05, 0.1) is 19.3 Å². The molecule has 21 heavy (non-hydrogen) atoms. The van der Waals surface area contributed by atoms with Gasteiger partial charge < -0.3 is 19.3 Å². The molecule has 1 aromatic carbocycles. The molecule has 0 amide bonds. The van der Waals surface area contributed by atoms with Crippen LogP contribution in [0.4, 0.5) is 5.69 Å². The van der Waals surface area contributed by atoms with Crippen LogP contribution in [0.2, 0.25) is 0 Å². The molecule has 1 fully saturated rings. The number of ether oxygens (including phenoxy) is 2. The number of nitrogens with zero attached hydrogens (tertiary/aromatic N) is 3. The van der Waals surface area contributed by atoms with Crippen molar-refractivity contribution in [3.63, 3.8) is 0 Å². The predicted octanol–water partition coefficient (Wildman–Crippen LogP) is 1.14. The topological polar surface area (TPSA) is 28.2 Å². The normalized spacial score (nSPS) is 20.0. The molecule has 0 bridgehead atoms. The molecule has 0 saturated carbocycles. The Kier molecular flexibility index (Phi) is 4.51. The van der Waals surface area contributed by atoms with Crippen molar-refractivity contribution in [1.29, 1.82) is 0 Å². The standard InChI is InChI=1S/C16H25N3O2/c1-17-5-7-18(8-6-17)9-10-19-11-12-21-16-4-3-14(20-2)13-15(16)19/h3-4,13H,5-12H2,1-2H3. The van der Waals surface area contributed by atoms with Crippen molar-refractivity contribution < 1.29 is 9.47 Å². The van der Waals surface area contributed by atoms with Crippen molar-refractivity contribution >= 4 is 5.69 Å². The summed E-state index contributed by atoms with van der Waals surface area (Å²) in [5.74, 6) is 1.87. The monoisotopic (exact) mass is 291 g/mol. The van der Waals surface area contributed by atoms with E-state index >= 15 is 0 Å². The van der Waals surface area contributed by atoms with Crippen LogP contribution >= 0.6 is 0 Å². The van der Waals surface area contributed by atoms with E-state index in [2.05, 4.69) is 27.8 Å². The summed E-state index contributed by atoms with van der Waals surface area (Å²) in [5.41, 5.74) is 1.16. The van der Waals surface area contributed by atoms with Crippen LogP contribution < -0.4 is 14.4 Å². The smallest absolute Gasteiger partial charge is 0.142 e. The van der Waals surface area contributed by atoms with E-state index in [1.54, 1.807) is 7.11 Å². The molecule has 0 aromatic heterocycles. The summed E-state index contributed by atoms with van der Waals surface area (Å²) in [6, 6.07) is 6.05. The maximum absolute atomic E-state index is 5.74. The van der Waals surface area contributed by atoms with Gasteiger partial charge >= 0.3 is 0 Å². The van der Waals surface area contributed by atoms with Crippen LogP contribution in [0.3, 0.4) is 0 Å². The minimum atomic E-state index is 0.766. The number of likely N-dealkylation sites (N-methyl/N-ethyl adjacent to an activating group) is 1. The molecule has 3 rings (SSSR count). The molecular formula is C16H25N3O2. The first-order valence-electron chi connectivity index (χ1n) is 7.73. The fourth-order valence-electron chi connectivity index (χ4n) is 2.95. The van der Waals surface area contributed by atoms with Gasteiger partial charge in [0.1, 0.15) is 18.1 Å². The van der Waals surface area contributed by atoms with E-state index < -0.39 is 0 Å². The lowest BCUT2D eigenvalue weighted by Gasteiger charge is -2.36. The Hall–Kier alpha value is -1.46. The van der Waals surface area contributed by atoms with Gasteiger partial charge in [0.15, 0.2) is 0 Å². The van der Waals surface area contributed by atoms with Gasteiger partial charge in [-0.3, -0.25) is 4.90 Å². The Morgan fingerprint density at radius 2 is 1.90 bits per heavy atom. The first-order chi connectivity index (χ1) is 10.3.